The van der Waals surface area contributed by atoms with Crippen LogP contribution in [0.3, 0.4) is 0 Å². The van der Waals surface area contributed by atoms with Gasteiger partial charge < -0.3 is 5.32 Å². The standard InChI is InChI=1S/C9H10N6O4S2/c1-2-10-7-5-6(3-4-8(7)15(16)17)21(18,19)12-9-11-13-14-20-9/h3-5,10H,2H2,1H3,(H,11,12,14). The normalized spacial score (nSPS) is 11.1. The number of aromatic nitrogens is 3. The minimum absolute atomic E-state index is 0.0124. The zero-order valence-electron chi connectivity index (χ0n) is 10.7. The van der Waals surface area contributed by atoms with Crippen LogP contribution in [-0.4, -0.2) is 34.7 Å². The van der Waals surface area contributed by atoms with Gasteiger partial charge in [0.05, 0.1) is 9.82 Å². The highest BCUT2D eigenvalue weighted by atomic mass is 32.2. The van der Waals surface area contributed by atoms with E-state index in [0.29, 0.717) is 6.54 Å². The molecule has 12 heteroatoms. The Morgan fingerprint density at radius 3 is 2.76 bits per heavy atom. The molecule has 0 amide bonds. The molecule has 2 aromatic rings. The first-order chi connectivity index (χ1) is 9.94. The van der Waals surface area contributed by atoms with E-state index in [1.807, 2.05) is 0 Å². The molecule has 0 radical (unpaired) electrons. The first-order valence-electron chi connectivity index (χ1n) is 5.64. The predicted molar refractivity (Wildman–Crippen MR) is 75.8 cm³/mol. The average molecular weight is 330 g/mol. The topological polar surface area (TPSA) is 140 Å². The summed E-state index contributed by atoms with van der Waals surface area (Å²) in [5.74, 6) is 0. The number of nitrogens with one attached hydrogen (secondary N) is 2. The molecule has 1 heterocycles. The summed E-state index contributed by atoms with van der Waals surface area (Å²) in [6.07, 6.45) is 0. The molecule has 0 unspecified atom stereocenters. The van der Waals surface area contributed by atoms with E-state index in [4.69, 9.17) is 0 Å². The van der Waals surface area contributed by atoms with Gasteiger partial charge in [-0.2, -0.15) is 0 Å². The van der Waals surface area contributed by atoms with Crippen LogP contribution < -0.4 is 10.0 Å². The number of nitro groups is 1. The van der Waals surface area contributed by atoms with Crippen molar-refractivity contribution < 1.29 is 13.3 Å². The maximum atomic E-state index is 12.1. The second-order valence-electron chi connectivity index (χ2n) is 3.74. The largest absolute Gasteiger partial charge is 0.380 e. The number of rotatable bonds is 6. The summed E-state index contributed by atoms with van der Waals surface area (Å²) in [6.45, 7) is 2.16. The quantitative estimate of drug-likeness (QED) is 0.592. The lowest BCUT2D eigenvalue weighted by Gasteiger charge is -2.08. The van der Waals surface area contributed by atoms with Crippen molar-refractivity contribution in [2.45, 2.75) is 11.8 Å². The van der Waals surface area contributed by atoms with Crippen LogP contribution >= 0.6 is 11.5 Å². The Balaban J connectivity index is 2.39. The van der Waals surface area contributed by atoms with E-state index < -0.39 is 14.9 Å². The summed E-state index contributed by atoms with van der Waals surface area (Å²) in [5.41, 5.74) is -0.0749. The van der Waals surface area contributed by atoms with Gasteiger partial charge in [-0.3, -0.25) is 14.8 Å². The summed E-state index contributed by atoms with van der Waals surface area (Å²) >= 11 is 0.781. The minimum atomic E-state index is -3.91. The second kappa shape index (κ2) is 5.97. The minimum Gasteiger partial charge on any atom is -0.380 e. The molecule has 2 N–H and O–H groups in total. The maximum absolute atomic E-state index is 12.1. The van der Waals surface area contributed by atoms with E-state index >= 15 is 0 Å². The molecule has 0 saturated carbocycles. The number of sulfonamides is 1. The van der Waals surface area contributed by atoms with Crippen LogP contribution in [0.15, 0.2) is 23.1 Å². The fourth-order valence-electron chi connectivity index (χ4n) is 1.52. The van der Waals surface area contributed by atoms with Crippen LogP contribution in [-0.2, 0) is 10.0 Å². The smallest absolute Gasteiger partial charge is 0.292 e. The van der Waals surface area contributed by atoms with Gasteiger partial charge in [-0.15, -0.1) is 0 Å². The number of hydrogen-bond acceptors (Lipinski definition) is 9. The van der Waals surface area contributed by atoms with Crippen molar-refractivity contribution >= 4 is 38.1 Å². The molecule has 10 nitrogen and oxygen atoms in total. The van der Waals surface area contributed by atoms with Crippen LogP contribution in [0.1, 0.15) is 6.92 Å². The maximum Gasteiger partial charge on any atom is 0.292 e. The first-order valence-corrected chi connectivity index (χ1v) is 7.90. The van der Waals surface area contributed by atoms with Gasteiger partial charge in [-0.05, 0) is 24.3 Å². The average Bonchev–Trinajstić information content (AvgIpc) is 2.91. The SMILES string of the molecule is CCNc1cc(S(=O)(=O)Nc2nnns2)ccc1[N+](=O)[O-]. The summed E-state index contributed by atoms with van der Waals surface area (Å²) < 4.78 is 29.9. The van der Waals surface area contributed by atoms with Crippen molar-refractivity contribution in [3.8, 4) is 0 Å². The third kappa shape index (κ3) is 3.41. The third-order valence-corrected chi connectivity index (χ3v) is 4.34. The lowest BCUT2D eigenvalue weighted by atomic mass is 10.2. The Hall–Kier alpha value is -2.34. The molecule has 112 valence electrons. The van der Waals surface area contributed by atoms with Gasteiger partial charge >= 0.3 is 0 Å². The van der Waals surface area contributed by atoms with Gasteiger partial charge in [0.25, 0.3) is 15.7 Å². The van der Waals surface area contributed by atoms with Gasteiger partial charge in [-0.1, -0.05) is 9.59 Å². The van der Waals surface area contributed by atoms with E-state index in [1.165, 1.54) is 6.07 Å². The van der Waals surface area contributed by atoms with Gasteiger partial charge in [-0.25, -0.2) is 8.42 Å². The molecule has 0 aliphatic heterocycles. The summed E-state index contributed by atoms with van der Waals surface area (Å²) in [5, 5.41) is 20.4. The van der Waals surface area contributed by atoms with Gasteiger partial charge in [0, 0.05) is 24.1 Å². The van der Waals surface area contributed by atoms with Crippen molar-refractivity contribution in [3.05, 3.63) is 28.3 Å². The van der Waals surface area contributed by atoms with Crippen molar-refractivity contribution in [3.63, 3.8) is 0 Å². The van der Waals surface area contributed by atoms with Gasteiger partial charge in [0.2, 0.25) is 5.13 Å². The first kappa shape index (κ1) is 15.1. The third-order valence-electron chi connectivity index (χ3n) is 2.36. The Labute approximate surface area is 123 Å². The van der Waals surface area contributed by atoms with Crippen molar-refractivity contribution in [1.82, 2.24) is 14.8 Å². The number of benzene rings is 1. The Morgan fingerprint density at radius 2 is 2.19 bits per heavy atom. The van der Waals surface area contributed by atoms with E-state index in [1.54, 1.807) is 6.92 Å². The zero-order chi connectivity index (χ0) is 15.5. The molecule has 0 saturated heterocycles. The highest BCUT2D eigenvalue weighted by molar-refractivity contribution is 7.93. The Bertz CT molecular complexity index is 746. The predicted octanol–water partition coefficient (Wildman–Crippen LogP) is 1.07. The van der Waals surface area contributed by atoms with E-state index in [-0.39, 0.29) is 21.4 Å². The molecule has 2 rings (SSSR count). The van der Waals surface area contributed by atoms with Crippen molar-refractivity contribution in [2.75, 3.05) is 16.6 Å². The molecule has 21 heavy (non-hydrogen) atoms. The summed E-state index contributed by atoms with van der Waals surface area (Å²) in [7, 11) is -3.91. The summed E-state index contributed by atoms with van der Waals surface area (Å²) in [4.78, 5) is 10.2. The molecule has 1 aromatic carbocycles. The molecule has 1 aromatic heterocycles. The Morgan fingerprint density at radius 1 is 1.43 bits per heavy atom. The molecule has 0 aliphatic carbocycles. The number of nitrogens with zero attached hydrogens (tertiary/aromatic N) is 4. The molecular formula is C9H10N6O4S2. The zero-order valence-corrected chi connectivity index (χ0v) is 12.3. The van der Waals surface area contributed by atoms with Gasteiger partial charge in [0.15, 0.2) is 0 Å². The second-order valence-corrected chi connectivity index (χ2v) is 6.15. The Kier molecular flexibility index (Phi) is 4.28. The number of anilines is 2. The lowest BCUT2D eigenvalue weighted by Crippen LogP contribution is -2.13. The van der Waals surface area contributed by atoms with E-state index in [0.717, 1.165) is 23.7 Å². The molecule has 0 spiro atoms. The van der Waals surface area contributed by atoms with E-state index in [9.17, 15) is 18.5 Å². The number of hydrogen-bond donors (Lipinski definition) is 2. The fraction of sp³-hybridized carbons (Fsp3) is 0.222. The van der Waals surface area contributed by atoms with Crippen molar-refractivity contribution in [2.24, 2.45) is 0 Å². The monoisotopic (exact) mass is 330 g/mol. The van der Waals surface area contributed by atoms with Gasteiger partial charge in [0.1, 0.15) is 5.69 Å². The van der Waals surface area contributed by atoms with Crippen LogP contribution in [0, 0.1) is 10.1 Å². The summed E-state index contributed by atoms with van der Waals surface area (Å²) in [6, 6.07) is 3.47. The molecule has 0 fully saturated rings. The molecule has 0 atom stereocenters. The van der Waals surface area contributed by atoms with Crippen LogP contribution in [0.25, 0.3) is 0 Å². The molecule has 0 bridgehead atoms. The lowest BCUT2D eigenvalue weighted by molar-refractivity contribution is -0.384. The van der Waals surface area contributed by atoms with Crippen LogP contribution in [0.2, 0.25) is 0 Å². The highest BCUT2D eigenvalue weighted by Gasteiger charge is 2.21. The molecule has 0 aliphatic rings. The fourth-order valence-corrected chi connectivity index (χ4v) is 3.13. The van der Waals surface area contributed by atoms with Crippen LogP contribution in [0.4, 0.5) is 16.5 Å². The number of nitro benzene ring substituents is 1. The highest BCUT2D eigenvalue weighted by Crippen LogP contribution is 2.28. The van der Waals surface area contributed by atoms with E-state index in [2.05, 4.69) is 24.8 Å². The molecular weight excluding hydrogens is 320 g/mol. The van der Waals surface area contributed by atoms with Crippen LogP contribution in [0.5, 0.6) is 0 Å². The van der Waals surface area contributed by atoms with Crippen molar-refractivity contribution in [1.29, 1.82) is 0 Å².